The lowest BCUT2D eigenvalue weighted by Gasteiger charge is -2.03. The van der Waals surface area contributed by atoms with E-state index in [0.717, 1.165) is 0 Å². The molecule has 0 atom stereocenters. The fourth-order valence-electron chi connectivity index (χ4n) is 0.798. The number of aromatic nitrogens is 2. The van der Waals surface area contributed by atoms with Gasteiger partial charge in [-0.2, -0.15) is 0 Å². The third-order valence-corrected chi connectivity index (χ3v) is 2.53. The zero-order chi connectivity index (χ0) is 10.6. The van der Waals surface area contributed by atoms with Gasteiger partial charge in [0.25, 0.3) is 0 Å². The van der Waals surface area contributed by atoms with Crippen LogP contribution >= 0.6 is 11.6 Å². The first-order valence-corrected chi connectivity index (χ1v) is 6.31. The van der Waals surface area contributed by atoms with Crippen LogP contribution in [0.15, 0.2) is 12.3 Å². The minimum atomic E-state index is -2.94. The van der Waals surface area contributed by atoms with Crippen molar-refractivity contribution in [1.29, 1.82) is 0 Å². The Kier molecular flexibility index (Phi) is 3.65. The summed E-state index contributed by atoms with van der Waals surface area (Å²) in [6, 6.07) is 1.62. The van der Waals surface area contributed by atoms with Gasteiger partial charge in [-0.1, -0.05) is 0 Å². The maximum Gasteiger partial charge on any atom is 0.224 e. The summed E-state index contributed by atoms with van der Waals surface area (Å²) in [6.45, 7) is 0.312. The molecule has 0 saturated heterocycles. The van der Waals surface area contributed by atoms with Crippen molar-refractivity contribution in [1.82, 2.24) is 9.97 Å². The molecule has 0 unspecified atom stereocenters. The summed E-state index contributed by atoms with van der Waals surface area (Å²) in [5.41, 5.74) is 0. The van der Waals surface area contributed by atoms with Crippen LogP contribution in [-0.4, -0.2) is 36.9 Å². The van der Waals surface area contributed by atoms with Crippen molar-refractivity contribution in [3.05, 3.63) is 17.5 Å². The van der Waals surface area contributed by atoms with E-state index < -0.39 is 9.84 Å². The molecular formula is C7H10ClN3O2S. The van der Waals surface area contributed by atoms with Crippen LogP contribution in [-0.2, 0) is 9.84 Å². The van der Waals surface area contributed by atoms with E-state index in [1.54, 1.807) is 6.07 Å². The van der Waals surface area contributed by atoms with Gasteiger partial charge in [0.1, 0.15) is 15.7 Å². The molecule has 1 rings (SSSR count). The maximum absolute atomic E-state index is 10.8. The average Bonchev–Trinajstić information content (AvgIpc) is 2.01. The van der Waals surface area contributed by atoms with E-state index in [2.05, 4.69) is 15.3 Å². The summed E-state index contributed by atoms with van der Waals surface area (Å²) >= 11 is 5.53. The van der Waals surface area contributed by atoms with Gasteiger partial charge in [0.2, 0.25) is 5.28 Å². The molecule has 78 valence electrons. The Morgan fingerprint density at radius 2 is 2.29 bits per heavy atom. The van der Waals surface area contributed by atoms with Gasteiger partial charge in [-0.25, -0.2) is 18.4 Å². The Labute approximate surface area is 87.4 Å². The van der Waals surface area contributed by atoms with Crippen LogP contribution < -0.4 is 5.32 Å². The highest BCUT2D eigenvalue weighted by atomic mass is 35.5. The van der Waals surface area contributed by atoms with Crippen LogP contribution in [0.2, 0.25) is 5.28 Å². The number of hydrogen-bond donors (Lipinski definition) is 1. The lowest BCUT2D eigenvalue weighted by Crippen LogP contribution is -2.14. The second-order valence-electron chi connectivity index (χ2n) is 2.77. The standard InChI is InChI=1S/C7H10ClN3O2S/c1-14(12,13)5-4-9-6-2-3-10-7(8)11-6/h2-3H,4-5H2,1H3,(H,9,10,11). The smallest absolute Gasteiger partial charge is 0.224 e. The van der Waals surface area contributed by atoms with Gasteiger partial charge in [-0.15, -0.1) is 0 Å². The maximum atomic E-state index is 10.8. The van der Waals surface area contributed by atoms with Crippen molar-refractivity contribution in [2.75, 3.05) is 23.9 Å². The number of halogens is 1. The topological polar surface area (TPSA) is 72.0 Å². The summed E-state index contributed by atoms with van der Waals surface area (Å²) in [4.78, 5) is 7.53. The van der Waals surface area contributed by atoms with Gasteiger partial charge in [-0.3, -0.25) is 0 Å². The van der Waals surface area contributed by atoms with E-state index in [0.29, 0.717) is 12.4 Å². The number of nitrogens with one attached hydrogen (secondary N) is 1. The molecule has 1 aromatic rings. The van der Waals surface area contributed by atoms with E-state index in [4.69, 9.17) is 11.6 Å². The molecule has 1 N–H and O–H groups in total. The fourth-order valence-corrected chi connectivity index (χ4v) is 1.42. The normalized spacial score (nSPS) is 11.3. The Morgan fingerprint density at radius 1 is 1.57 bits per heavy atom. The number of rotatable bonds is 4. The van der Waals surface area contributed by atoms with E-state index in [9.17, 15) is 8.42 Å². The van der Waals surface area contributed by atoms with E-state index >= 15 is 0 Å². The minimum Gasteiger partial charge on any atom is -0.369 e. The monoisotopic (exact) mass is 235 g/mol. The Hall–Kier alpha value is -0.880. The molecule has 7 heteroatoms. The van der Waals surface area contributed by atoms with Gasteiger partial charge >= 0.3 is 0 Å². The molecule has 0 aromatic carbocycles. The number of nitrogens with zero attached hydrogens (tertiary/aromatic N) is 2. The second-order valence-corrected chi connectivity index (χ2v) is 5.37. The summed E-state index contributed by atoms with van der Waals surface area (Å²) in [5, 5.41) is 2.96. The average molecular weight is 236 g/mol. The van der Waals surface area contributed by atoms with Gasteiger partial charge in [0, 0.05) is 19.0 Å². The summed E-state index contributed by atoms with van der Waals surface area (Å²) in [6.07, 6.45) is 2.68. The molecule has 0 bridgehead atoms. The Bertz CT molecular complexity index is 407. The molecule has 14 heavy (non-hydrogen) atoms. The van der Waals surface area contributed by atoms with Gasteiger partial charge in [0.05, 0.1) is 5.75 Å². The second kappa shape index (κ2) is 4.56. The zero-order valence-corrected chi connectivity index (χ0v) is 9.14. The predicted octanol–water partition coefficient (Wildman–Crippen LogP) is 0.586. The van der Waals surface area contributed by atoms with Crippen LogP contribution in [0, 0.1) is 0 Å². The van der Waals surface area contributed by atoms with E-state index in [1.165, 1.54) is 12.5 Å². The lowest BCUT2D eigenvalue weighted by atomic mass is 10.5. The SMILES string of the molecule is CS(=O)(=O)CCNc1ccnc(Cl)n1. The Balaban J connectivity index is 2.47. The molecule has 0 radical (unpaired) electrons. The lowest BCUT2D eigenvalue weighted by molar-refractivity contribution is 0.602. The molecule has 0 spiro atoms. The van der Waals surface area contributed by atoms with E-state index in [1.807, 2.05) is 0 Å². The molecule has 1 heterocycles. The van der Waals surface area contributed by atoms with Crippen LogP contribution in [0.1, 0.15) is 0 Å². The van der Waals surface area contributed by atoms with Gasteiger partial charge < -0.3 is 5.32 Å². The van der Waals surface area contributed by atoms with Crippen molar-refractivity contribution in [3.63, 3.8) is 0 Å². The number of hydrogen-bond acceptors (Lipinski definition) is 5. The summed E-state index contributed by atoms with van der Waals surface area (Å²) in [5.74, 6) is 0.586. The first-order valence-electron chi connectivity index (χ1n) is 3.87. The van der Waals surface area contributed by atoms with E-state index in [-0.39, 0.29) is 11.0 Å². The van der Waals surface area contributed by atoms with Crippen molar-refractivity contribution < 1.29 is 8.42 Å². The molecular weight excluding hydrogens is 226 g/mol. The number of sulfone groups is 1. The summed E-state index contributed by atoms with van der Waals surface area (Å²) in [7, 11) is -2.94. The molecule has 0 aliphatic carbocycles. The van der Waals surface area contributed by atoms with Crippen molar-refractivity contribution in [2.45, 2.75) is 0 Å². The largest absolute Gasteiger partial charge is 0.369 e. The minimum absolute atomic E-state index is 0.0641. The van der Waals surface area contributed by atoms with Crippen molar-refractivity contribution in [2.24, 2.45) is 0 Å². The van der Waals surface area contributed by atoms with Crippen LogP contribution in [0.25, 0.3) is 0 Å². The van der Waals surface area contributed by atoms with Gasteiger partial charge in [-0.05, 0) is 17.7 Å². The van der Waals surface area contributed by atoms with Gasteiger partial charge in [0.15, 0.2) is 0 Å². The third-order valence-electron chi connectivity index (χ3n) is 1.41. The highest BCUT2D eigenvalue weighted by Crippen LogP contribution is 2.04. The molecule has 0 aliphatic rings. The molecule has 5 nitrogen and oxygen atoms in total. The van der Waals surface area contributed by atoms with Crippen LogP contribution in [0.4, 0.5) is 5.82 Å². The van der Waals surface area contributed by atoms with Crippen LogP contribution in [0.5, 0.6) is 0 Å². The molecule has 1 aromatic heterocycles. The first kappa shape index (κ1) is 11.2. The highest BCUT2D eigenvalue weighted by molar-refractivity contribution is 7.90. The third kappa shape index (κ3) is 4.38. The molecule has 0 amide bonds. The molecule has 0 aliphatic heterocycles. The zero-order valence-electron chi connectivity index (χ0n) is 7.57. The molecule has 0 fully saturated rings. The molecule has 0 saturated carbocycles. The quantitative estimate of drug-likeness (QED) is 0.774. The highest BCUT2D eigenvalue weighted by Gasteiger charge is 2.01. The van der Waals surface area contributed by atoms with Crippen molar-refractivity contribution in [3.8, 4) is 0 Å². The Morgan fingerprint density at radius 3 is 2.86 bits per heavy atom. The first-order chi connectivity index (χ1) is 6.47. The summed E-state index contributed by atoms with van der Waals surface area (Å²) < 4.78 is 21.6. The van der Waals surface area contributed by atoms with Crippen molar-refractivity contribution >= 4 is 27.3 Å². The fraction of sp³-hybridized carbons (Fsp3) is 0.429. The predicted molar refractivity (Wildman–Crippen MR) is 55.2 cm³/mol. The van der Waals surface area contributed by atoms with Crippen LogP contribution in [0.3, 0.4) is 0 Å². The number of anilines is 1.